The molecule has 0 aromatic heterocycles. The molecule has 0 saturated heterocycles. The van der Waals surface area contributed by atoms with Gasteiger partial charge in [0.05, 0.1) is 18.0 Å². The Morgan fingerprint density at radius 3 is 2.55 bits per heavy atom. The molecule has 0 heterocycles. The van der Waals surface area contributed by atoms with Gasteiger partial charge in [-0.3, -0.25) is 14.9 Å². The monoisotopic (exact) mass is 293 g/mol. The molecule has 20 heavy (non-hydrogen) atoms. The van der Waals surface area contributed by atoms with Crippen molar-refractivity contribution in [1.82, 2.24) is 0 Å². The molecule has 0 atom stereocenters. The number of hydrogen-bond donors (Lipinski definition) is 0. The van der Waals surface area contributed by atoms with Gasteiger partial charge in [0.1, 0.15) is 0 Å². The second kappa shape index (κ2) is 6.22. The van der Waals surface area contributed by atoms with Crippen LogP contribution in [0.15, 0.2) is 18.2 Å². The first kappa shape index (κ1) is 15.7. The average molecular weight is 293 g/mol. The molecule has 0 N–H and O–H groups in total. The lowest BCUT2D eigenvalue weighted by atomic mass is 10.1. The molecule has 0 aliphatic heterocycles. The molecule has 110 valence electrons. The number of benzene rings is 1. The van der Waals surface area contributed by atoms with Crippen molar-refractivity contribution in [2.75, 3.05) is 6.61 Å². The van der Waals surface area contributed by atoms with E-state index in [0.29, 0.717) is 0 Å². The Kier molecular flexibility index (Phi) is 4.89. The zero-order chi connectivity index (χ0) is 15.3. The molecule has 0 fully saturated rings. The summed E-state index contributed by atoms with van der Waals surface area (Å²) in [7, 11) is 0. The number of hydrogen-bond acceptors (Lipinski definition) is 5. The van der Waals surface area contributed by atoms with E-state index in [2.05, 4.69) is 9.47 Å². The van der Waals surface area contributed by atoms with Gasteiger partial charge in [-0.2, -0.15) is 0 Å². The molecule has 0 aliphatic rings. The van der Waals surface area contributed by atoms with Crippen LogP contribution in [0.5, 0.6) is 5.75 Å². The SMILES string of the molecule is CCOC(=O)Cc1ccc([N+](=O)[O-])c(OC(F)(F)F)c1. The number of nitro benzene ring substituents is 1. The Morgan fingerprint density at radius 1 is 1.40 bits per heavy atom. The van der Waals surface area contributed by atoms with Crippen molar-refractivity contribution in [3.63, 3.8) is 0 Å². The number of rotatable bonds is 5. The average Bonchev–Trinajstić information content (AvgIpc) is 2.26. The number of nitro groups is 1. The quantitative estimate of drug-likeness (QED) is 0.473. The summed E-state index contributed by atoms with van der Waals surface area (Å²) < 4.78 is 44.7. The molecular weight excluding hydrogens is 283 g/mol. The molecule has 0 unspecified atom stereocenters. The van der Waals surface area contributed by atoms with E-state index >= 15 is 0 Å². The molecule has 0 radical (unpaired) electrons. The fraction of sp³-hybridized carbons (Fsp3) is 0.364. The topological polar surface area (TPSA) is 78.7 Å². The van der Waals surface area contributed by atoms with Crippen molar-refractivity contribution in [3.8, 4) is 5.75 Å². The van der Waals surface area contributed by atoms with Crippen LogP contribution in [0.3, 0.4) is 0 Å². The zero-order valence-electron chi connectivity index (χ0n) is 10.3. The van der Waals surface area contributed by atoms with Crippen LogP contribution in [0.1, 0.15) is 12.5 Å². The van der Waals surface area contributed by atoms with Gasteiger partial charge < -0.3 is 9.47 Å². The summed E-state index contributed by atoms with van der Waals surface area (Å²) in [5, 5.41) is 10.6. The first-order valence-electron chi connectivity index (χ1n) is 5.41. The maximum atomic E-state index is 12.2. The Bertz CT molecular complexity index is 515. The van der Waals surface area contributed by atoms with E-state index in [4.69, 9.17) is 0 Å². The second-order valence-electron chi connectivity index (χ2n) is 3.59. The summed E-state index contributed by atoms with van der Waals surface area (Å²) in [5.41, 5.74) is -0.719. The van der Waals surface area contributed by atoms with E-state index in [1.807, 2.05) is 0 Å². The van der Waals surface area contributed by atoms with Crippen molar-refractivity contribution in [2.45, 2.75) is 19.7 Å². The highest BCUT2D eigenvalue weighted by Gasteiger charge is 2.34. The standard InChI is InChI=1S/C11H10F3NO5/c1-2-19-10(16)6-7-3-4-8(15(17)18)9(5-7)20-11(12,13)14/h3-5H,2,6H2,1H3. The minimum Gasteiger partial charge on any atom is -0.466 e. The lowest BCUT2D eigenvalue weighted by Gasteiger charge is -2.10. The lowest BCUT2D eigenvalue weighted by molar-refractivity contribution is -0.388. The van der Waals surface area contributed by atoms with Crippen molar-refractivity contribution in [3.05, 3.63) is 33.9 Å². The Hall–Kier alpha value is -2.32. The predicted octanol–water partition coefficient (Wildman–Crippen LogP) is 2.60. The molecular formula is C11H10F3NO5. The van der Waals surface area contributed by atoms with Gasteiger partial charge in [-0.25, -0.2) is 0 Å². The van der Waals surface area contributed by atoms with Gasteiger partial charge in [0.2, 0.25) is 5.75 Å². The van der Waals surface area contributed by atoms with Gasteiger partial charge in [-0.15, -0.1) is 13.2 Å². The van der Waals surface area contributed by atoms with E-state index in [-0.39, 0.29) is 18.6 Å². The molecule has 9 heteroatoms. The molecule has 1 aromatic carbocycles. The summed E-state index contributed by atoms with van der Waals surface area (Å²) in [6.07, 6.45) is -5.37. The number of ether oxygens (including phenoxy) is 2. The van der Waals surface area contributed by atoms with Gasteiger partial charge in [0, 0.05) is 6.07 Å². The number of carbonyl (C=O) groups excluding carboxylic acids is 1. The summed E-state index contributed by atoms with van der Waals surface area (Å²) in [5.74, 6) is -1.62. The van der Waals surface area contributed by atoms with E-state index in [0.717, 1.165) is 18.2 Å². The van der Waals surface area contributed by atoms with Gasteiger partial charge in [-0.05, 0) is 18.6 Å². The highest BCUT2D eigenvalue weighted by Crippen LogP contribution is 2.32. The van der Waals surface area contributed by atoms with Gasteiger partial charge in [0.15, 0.2) is 0 Å². The van der Waals surface area contributed by atoms with E-state index in [1.165, 1.54) is 0 Å². The molecule has 0 aliphatic carbocycles. The van der Waals surface area contributed by atoms with Gasteiger partial charge >= 0.3 is 18.0 Å². The van der Waals surface area contributed by atoms with Crippen molar-refractivity contribution in [1.29, 1.82) is 0 Å². The summed E-state index contributed by atoms with van der Waals surface area (Å²) in [6.45, 7) is 1.70. The van der Waals surface area contributed by atoms with Crippen LogP contribution in [0.4, 0.5) is 18.9 Å². The van der Waals surface area contributed by atoms with Crippen LogP contribution in [-0.2, 0) is 16.0 Å². The molecule has 0 amide bonds. The smallest absolute Gasteiger partial charge is 0.466 e. The van der Waals surface area contributed by atoms with Crippen molar-refractivity contribution in [2.24, 2.45) is 0 Å². The number of nitrogens with zero attached hydrogens (tertiary/aromatic N) is 1. The van der Waals surface area contributed by atoms with Crippen LogP contribution < -0.4 is 4.74 Å². The Labute approximate surface area is 111 Å². The van der Waals surface area contributed by atoms with Crippen molar-refractivity contribution >= 4 is 11.7 Å². The normalized spacial score (nSPS) is 11.0. The minimum atomic E-state index is -5.06. The fourth-order valence-electron chi connectivity index (χ4n) is 1.40. The van der Waals surface area contributed by atoms with Crippen LogP contribution in [0.25, 0.3) is 0 Å². The molecule has 1 aromatic rings. The third kappa shape index (κ3) is 4.75. The van der Waals surface area contributed by atoms with E-state index in [9.17, 15) is 28.1 Å². The van der Waals surface area contributed by atoms with Crippen LogP contribution in [-0.4, -0.2) is 23.9 Å². The Morgan fingerprint density at radius 2 is 2.05 bits per heavy atom. The maximum absolute atomic E-state index is 12.2. The molecule has 0 spiro atoms. The van der Waals surface area contributed by atoms with Crippen LogP contribution in [0, 0.1) is 10.1 Å². The van der Waals surface area contributed by atoms with Gasteiger partial charge in [0.25, 0.3) is 0 Å². The van der Waals surface area contributed by atoms with Crippen LogP contribution >= 0.6 is 0 Å². The predicted molar refractivity (Wildman–Crippen MR) is 60.1 cm³/mol. The first-order valence-corrected chi connectivity index (χ1v) is 5.41. The molecule has 6 nitrogen and oxygen atoms in total. The zero-order valence-corrected chi connectivity index (χ0v) is 10.3. The number of alkyl halides is 3. The number of carbonyl (C=O) groups is 1. The molecule has 0 saturated carbocycles. The van der Waals surface area contributed by atoms with E-state index in [1.54, 1.807) is 6.92 Å². The first-order chi connectivity index (χ1) is 9.23. The summed E-state index contributed by atoms with van der Waals surface area (Å²) >= 11 is 0. The van der Waals surface area contributed by atoms with E-state index < -0.39 is 28.7 Å². The third-order valence-corrected chi connectivity index (χ3v) is 2.10. The highest BCUT2D eigenvalue weighted by molar-refractivity contribution is 5.73. The number of halogens is 3. The fourth-order valence-corrected chi connectivity index (χ4v) is 1.40. The third-order valence-electron chi connectivity index (χ3n) is 2.10. The number of esters is 1. The maximum Gasteiger partial charge on any atom is 0.573 e. The molecule has 1 rings (SSSR count). The summed E-state index contributed by atoms with van der Waals surface area (Å²) in [6, 6.07) is 2.80. The van der Waals surface area contributed by atoms with Gasteiger partial charge in [-0.1, -0.05) is 6.07 Å². The molecule has 0 bridgehead atoms. The second-order valence-corrected chi connectivity index (χ2v) is 3.59. The highest BCUT2D eigenvalue weighted by atomic mass is 19.4. The Balaban J connectivity index is 3.04. The largest absolute Gasteiger partial charge is 0.573 e. The lowest BCUT2D eigenvalue weighted by Crippen LogP contribution is -2.18. The summed E-state index contributed by atoms with van der Waals surface area (Å²) in [4.78, 5) is 20.8. The van der Waals surface area contributed by atoms with Crippen LogP contribution in [0.2, 0.25) is 0 Å². The van der Waals surface area contributed by atoms with Crippen molar-refractivity contribution < 1.29 is 32.4 Å². The minimum absolute atomic E-state index is 0.119.